The van der Waals surface area contributed by atoms with Crippen LogP contribution in [0.3, 0.4) is 0 Å². The molecule has 0 saturated carbocycles. The smallest absolute Gasteiger partial charge is 0.280 e. The topological polar surface area (TPSA) is 64.1 Å². The van der Waals surface area contributed by atoms with Crippen LogP contribution in [-0.2, 0) is 9.59 Å². The summed E-state index contributed by atoms with van der Waals surface area (Å²) in [5.74, 6) is -1.77. The van der Waals surface area contributed by atoms with Crippen molar-refractivity contribution in [1.82, 2.24) is 4.98 Å². The van der Waals surface area contributed by atoms with E-state index < -0.39 is 34.5 Å². The van der Waals surface area contributed by atoms with Gasteiger partial charge >= 0.3 is 0 Å². The molecule has 0 unspecified atom stereocenters. The fraction of sp³-hybridized carbons (Fsp3) is 0.444. The van der Waals surface area contributed by atoms with Crippen molar-refractivity contribution in [2.75, 3.05) is 0 Å². The van der Waals surface area contributed by atoms with Crippen molar-refractivity contribution in [3.05, 3.63) is 39.7 Å². The Labute approximate surface area is 149 Å². The van der Waals surface area contributed by atoms with E-state index in [0.717, 1.165) is 6.07 Å². The molecule has 0 N–H and O–H groups in total. The maximum Gasteiger partial charge on any atom is 0.280 e. The maximum atomic E-state index is 12.9. The van der Waals surface area contributed by atoms with Crippen LogP contribution in [-0.4, -0.2) is 22.3 Å². The van der Waals surface area contributed by atoms with Crippen LogP contribution >= 0.6 is 11.6 Å². The first-order chi connectivity index (χ1) is 11.3. The molecule has 0 saturated heterocycles. The molecular formula is C18H18ClF2NO3. The van der Waals surface area contributed by atoms with E-state index in [-0.39, 0.29) is 27.6 Å². The number of hydrogen-bond acceptors (Lipinski definition) is 4. The number of aromatic nitrogens is 1. The second-order valence-electron chi connectivity index (χ2n) is 7.10. The number of nitrogens with zero attached hydrogens (tertiary/aromatic N) is 1. The lowest BCUT2D eigenvalue weighted by Gasteiger charge is -2.38. The molecule has 7 heteroatoms. The number of carbonyl (C=O) groups is 3. The zero-order chi connectivity index (χ0) is 19.3. The molecule has 0 aromatic carbocycles. The monoisotopic (exact) mass is 369 g/mol. The lowest BCUT2D eigenvalue weighted by Crippen LogP contribution is -2.49. The van der Waals surface area contributed by atoms with Crippen LogP contribution in [0.25, 0.3) is 0 Å². The molecule has 4 nitrogen and oxygen atoms in total. The van der Waals surface area contributed by atoms with E-state index in [4.69, 9.17) is 11.6 Å². The predicted molar refractivity (Wildman–Crippen MR) is 88.7 cm³/mol. The number of ketones is 3. The Morgan fingerprint density at radius 3 is 2.16 bits per heavy atom. The number of allylic oxidation sites excluding steroid dienone is 2. The first-order valence-corrected chi connectivity index (χ1v) is 8.01. The highest BCUT2D eigenvalue weighted by atomic mass is 35.5. The average Bonchev–Trinajstić information content (AvgIpc) is 2.52. The van der Waals surface area contributed by atoms with Crippen LogP contribution in [0.4, 0.5) is 8.78 Å². The lowest BCUT2D eigenvalue weighted by molar-refractivity contribution is -0.142. The Kier molecular flexibility index (Phi) is 4.72. The van der Waals surface area contributed by atoms with Gasteiger partial charge < -0.3 is 0 Å². The summed E-state index contributed by atoms with van der Waals surface area (Å²) in [5.41, 5.74) is -3.27. The normalized spacial score (nSPS) is 19.6. The van der Waals surface area contributed by atoms with Gasteiger partial charge in [0.25, 0.3) is 6.43 Å². The Bertz CT molecular complexity index is 826. The fourth-order valence-electron chi connectivity index (χ4n) is 2.99. The summed E-state index contributed by atoms with van der Waals surface area (Å²) in [7, 11) is 0. The molecule has 0 spiro atoms. The van der Waals surface area contributed by atoms with Gasteiger partial charge in [-0.15, -0.1) is 0 Å². The van der Waals surface area contributed by atoms with E-state index in [1.807, 2.05) is 0 Å². The molecule has 0 radical (unpaired) electrons. The van der Waals surface area contributed by atoms with Crippen LogP contribution in [0.2, 0.25) is 0 Å². The molecule has 25 heavy (non-hydrogen) atoms. The molecule has 0 aliphatic heterocycles. The summed E-state index contributed by atoms with van der Waals surface area (Å²) in [6.45, 7) is 7.39. The second-order valence-corrected chi connectivity index (χ2v) is 7.47. The van der Waals surface area contributed by atoms with Gasteiger partial charge in [0, 0.05) is 16.3 Å². The molecule has 0 amide bonds. The second kappa shape index (κ2) is 6.09. The molecule has 0 bridgehead atoms. The van der Waals surface area contributed by atoms with Crippen molar-refractivity contribution in [2.24, 2.45) is 10.8 Å². The van der Waals surface area contributed by atoms with Crippen molar-refractivity contribution in [2.45, 2.75) is 41.0 Å². The predicted octanol–water partition coefficient (Wildman–Crippen LogP) is 4.21. The highest BCUT2D eigenvalue weighted by Gasteiger charge is 2.53. The third kappa shape index (κ3) is 2.92. The number of pyridine rings is 1. The number of rotatable bonds is 3. The summed E-state index contributed by atoms with van der Waals surface area (Å²) in [6, 6.07) is 2.24. The van der Waals surface area contributed by atoms with Crippen LogP contribution < -0.4 is 0 Å². The van der Waals surface area contributed by atoms with Gasteiger partial charge in [0.05, 0.1) is 16.4 Å². The summed E-state index contributed by atoms with van der Waals surface area (Å²) in [4.78, 5) is 41.9. The number of alkyl halides is 2. The zero-order valence-electron chi connectivity index (χ0n) is 14.5. The van der Waals surface area contributed by atoms with Crippen molar-refractivity contribution in [3.63, 3.8) is 0 Å². The zero-order valence-corrected chi connectivity index (χ0v) is 15.3. The molecule has 1 aromatic rings. The first-order valence-electron chi connectivity index (χ1n) is 7.63. The molecule has 1 aliphatic carbocycles. The Balaban J connectivity index is 2.64. The van der Waals surface area contributed by atoms with Crippen molar-refractivity contribution in [1.29, 1.82) is 0 Å². The average molecular weight is 370 g/mol. The van der Waals surface area contributed by atoms with E-state index in [2.05, 4.69) is 4.98 Å². The molecule has 1 heterocycles. The van der Waals surface area contributed by atoms with Crippen LogP contribution in [0, 0.1) is 17.8 Å². The minimum Gasteiger partial charge on any atom is -0.298 e. The largest absolute Gasteiger partial charge is 0.298 e. The standard InChI is InChI=1S/C18H18ClF2NO3/c1-8-9(6-7-10(22-8)15(20)21)12(23)11-13(19)17(2,3)16(25)18(4,5)14(11)24/h6-7,15H,1-5H3. The number of carbonyl (C=O) groups excluding carboxylic acids is 3. The van der Waals surface area contributed by atoms with Gasteiger partial charge in [-0.05, 0) is 46.8 Å². The van der Waals surface area contributed by atoms with Crippen LogP contribution in [0.5, 0.6) is 0 Å². The lowest BCUT2D eigenvalue weighted by atomic mass is 9.63. The summed E-state index contributed by atoms with van der Waals surface area (Å²) >= 11 is 6.25. The van der Waals surface area contributed by atoms with Gasteiger partial charge in [0.2, 0.25) is 0 Å². The van der Waals surface area contributed by atoms with Gasteiger partial charge in [0.1, 0.15) is 5.69 Å². The maximum absolute atomic E-state index is 12.9. The van der Waals surface area contributed by atoms with Crippen molar-refractivity contribution >= 4 is 29.0 Å². The highest BCUT2D eigenvalue weighted by molar-refractivity contribution is 6.45. The summed E-state index contributed by atoms with van der Waals surface area (Å²) in [6.07, 6.45) is -2.77. The summed E-state index contributed by atoms with van der Waals surface area (Å²) in [5, 5.41) is -0.135. The van der Waals surface area contributed by atoms with E-state index in [9.17, 15) is 23.2 Å². The van der Waals surface area contributed by atoms with Crippen LogP contribution in [0.1, 0.15) is 55.9 Å². The van der Waals surface area contributed by atoms with Crippen molar-refractivity contribution in [3.8, 4) is 0 Å². The number of halogens is 3. The van der Waals surface area contributed by atoms with E-state index >= 15 is 0 Å². The Morgan fingerprint density at radius 1 is 1.12 bits per heavy atom. The molecule has 134 valence electrons. The number of hydrogen-bond donors (Lipinski definition) is 0. The minimum absolute atomic E-state index is 0.00634. The Hall–Kier alpha value is -1.95. The van der Waals surface area contributed by atoms with E-state index in [0.29, 0.717) is 0 Å². The van der Waals surface area contributed by atoms with Gasteiger partial charge in [-0.25, -0.2) is 8.78 Å². The highest BCUT2D eigenvalue weighted by Crippen LogP contribution is 2.46. The molecular weight excluding hydrogens is 352 g/mol. The SMILES string of the molecule is Cc1nc(C(F)F)ccc1C(=O)C1=C(Cl)C(C)(C)C(=O)C(C)(C)C1=O. The van der Waals surface area contributed by atoms with Gasteiger partial charge in [-0.3, -0.25) is 19.4 Å². The summed E-state index contributed by atoms with van der Waals surface area (Å²) < 4.78 is 25.5. The van der Waals surface area contributed by atoms with Crippen molar-refractivity contribution < 1.29 is 23.2 Å². The minimum atomic E-state index is -2.77. The van der Waals surface area contributed by atoms with E-state index in [1.54, 1.807) is 13.8 Å². The van der Waals surface area contributed by atoms with Gasteiger partial charge in [0.15, 0.2) is 17.3 Å². The fourth-order valence-corrected chi connectivity index (χ4v) is 3.25. The van der Waals surface area contributed by atoms with Gasteiger partial charge in [-0.1, -0.05) is 11.6 Å². The first kappa shape index (κ1) is 19.4. The third-order valence-electron chi connectivity index (χ3n) is 4.50. The van der Waals surface area contributed by atoms with Gasteiger partial charge in [-0.2, -0.15) is 0 Å². The third-order valence-corrected chi connectivity index (χ3v) is 5.16. The molecule has 0 atom stereocenters. The molecule has 2 rings (SSSR count). The Morgan fingerprint density at radius 2 is 1.68 bits per heavy atom. The number of aryl methyl sites for hydroxylation is 1. The quantitative estimate of drug-likeness (QED) is 0.455. The van der Waals surface area contributed by atoms with E-state index in [1.165, 1.54) is 26.8 Å². The molecule has 1 aliphatic rings. The molecule has 1 aromatic heterocycles. The van der Waals surface area contributed by atoms with Crippen LogP contribution in [0.15, 0.2) is 22.7 Å². The molecule has 0 fully saturated rings. The number of Topliss-reactive ketones (excluding diaryl/α,β-unsaturated/α-hetero) is 3.